The van der Waals surface area contributed by atoms with E-state index in [4.69, 9.17) is 4.74 Å². The van der Waals surface area contributed by atoms with Gasteiger partial charge in [-0.15, -0.1) is 6.58 Å². The van der Waals surface area contributed by atoms with Crippen molar-refractivity contribution in [2.75, 3.05) is 13.1 Å². The number of piperidine rings is 1. The van der Waals surface area contributed by atoms with Crippen LogP contribution in [0.4, 0.5) is 8.78 Å². The summed E-state index contributed by atoms with van der Waals surface area (Å²) in [5.74, 6) is -3.00. The second-order valence-corrected chi connectivity index (χ2v) is 7.86. The minimum absolute atomic E-state index is 0.0344. The Morgan fingerprint density at radius 1 is 1.32 bits per heavy atom. The first-order valence-corrected chi connectivity index (χ1v) is 8.82. The van der Waals surface area contributed by atoms with Crippen molar-refractivity contribution in [2.45, 2.75) is 54.8 Å². The maximum absolute atomic E-state index is 14.8. The first-order valence-electron chi connectivity index (χ1n) is 8.82. The van der Waals surface area contributed by atoms with Crippen molar-refractivity contribution < 1.29 is 23.7 Å². The van der Waals surface area contributed by atoms with Gasteiger partial charge in [0.2, 0.25) is 0 Å². The predicted molar refractivity (Wildman–Crippen MR) is 87.2 cm³/mol. The van der Waals surface area contributed by atoms with Gasteiger partial charge in [-0.05, 0) is 37.4 Å². The summed E-state index contributed by atoms with van der Waals surface area (Å²) in [4.78, 5) is 2.15. The van der Waals surface area contributed by atoms with E-state index in [1.54, 1.807) is 12.1 Å². The molecule has 4 aliphatic rings. The molecule has 0 amide bonds. The molecule has 2 bridgehead atoms. The van der Waals surface area contributed by atoms with E-state index in [2.05, 4.69) is 11.5 Å². The first kappa shape index (κ1) is 15.6. The van der Waals surface area contributed by atoms with E-state index >= 15 is 0 Å². The Kier molecular flexibility index (Phi) is 2.83. The van der Waals surface area contributed by atoms with Gasteiger partial charge in [-0.2, -0.15) is 0 Å². The van der Waals surface area contributed by atoms with Gasteiger partial charge in [-0.3, -0.25) is 4.90 Å². The number of phenols is 1. The third-order valence-electron chi connectivity index (χ3n) is 6.91. The molecule has 2 N–H and O–H groups in total. The summed E-state index contributed by atoms with van der Waals surface area (Å²) in [6, 6.07) is 3.06. The third kappa shape index (κ3) is 1.59. The number of aliphatic hydroxyl groups is 1. The van der Waals surface area contributed by atoms with Crippen LogP contribution in [-0.2, 0) is 11.8 Å². The number of phenolic OH excluding ortho intramolecular Hbond substituents is 1. The van der Waals surface area contributed by atoms with Crippen molar-refractivity contribution in [3.05, 3.63) is 35.9 Å². The molecule has 4 nitrogen and oxygen atoms in total. The van der Waals surface area contributed by atoms with Crippen LogP contribution in [0.25, 0.3) is 0 Å². The molecule has 2 heterocycles. The number of hydrogen-bond acceptors (Lipinski definition) is 4. The van der Waals surface area contributed by atoms with Crippen LogP contribution < -0.4 is 4.74 Å². The number of ether oxygens (including phenoxy) is 1. The zero-order chi connectivity index (χ0) is 17.6. The summed E-state index contributed by atoms with van der Waals surface area (Å²) in [6.07, 6.45) is 0.951. The molecule has 2 aliphatic heterocycles. The SMILES string of the molecule is C=CCN1CCC23c4c5ccc(O)c4O[C@@H]2C(F)(F)CC[C@]3(O)[C@@H]1C5. The van der Waals surface area contributed by atoms with Gasteiger partial charge in [0.1, 0.15) is 0 Å². The number of alkyl halides is 2. The molecule has 1 saturated carbocycles. The fourth-order valence-corrected chi connectivity index (χ4v) is 5.95. The highest BCUT2D eigenvalue weighted by molar-refractivity contribution is 5.62. The second-order valence-electron chi connectivity index (χ2n) is 7.86. The van der Waals surface area contributed by atoms with Crippen LogP contribution in [0.3, 0.4) is 0 Å². The molecule has 1 unspecified atom stereocenters. The number of halogens is 2. The lowest BCUT2D eigenvalue weighted by molar-refractivity contribution is -0.247. The highest BCUT2D eigenvalue weighted by Gasteiger charge is 2.76. The van der Waals surface area contributed by atoms with Crippen LogP contribution in [-0.4, -0.2) is 51.9 Å². The Morgan fingerprint density at radius 2 is 2.12 bits per heavy atom. The molecular formula is C19H21F2NO3. The van der Waals surface area contributed by atoms with Crippen molar-refractivity contribution in [3.8, 4) is 11.5 Å². The number of hydrogen-bond donors (Lipinski definition) is 2. The predicted octanol–water partition coefficient (Wildman–Crippen LogP) is 2.37. The summed E-state index contributed by atoms with van der Waals surface area (Å²) in [7, 11) is 0. The highest BCUT2D eigenvalue weighted by Crippen LogP contribution is 2.67. The highest BCUT2D eigenvalue weighted by atomic mass is 19.3. The van der Waals surface area contributed by atoms with Crippen LogP contribution >= 0.6 is 0 Å². The normalized spacial score (nSPS) is 40.3. The van der Waals surface area contributed by atoms with Crippen molar-refractivity contribution >= 4 is 0 Å². The van der Waals surface area contributed by atoms with Gasteiger partial charge in [0.15, 0.2) is 17.6 Å². The smallest absolute Gasteiger partial charge is 0.285 e. The molecule has 2 aliphatic carbocycles. The Labute approximate surface area is 144 Å². The van der Waals surface area contributed by atoms with E-state index in [-0.39, 0.29) is 24.0 Å². The Hall–Kier alpha value is -1.66. The topological polar surface area (TPSA) is 52.9 Å². The molecule has 2 fully saturated rings. The minimum atomic E-state index is -3.03. The van der Waals surface area contributed by atoms with E-state index < -0.39 is 29.5 Å². The molecule has 4 atom stereocenters. The summed E-state index contributed by atoms with van der Waals surface area (Å²) in [6.45, 7) is 5.01. The van der Waals surface area contributed by atoms with Crippen LogP contribution in [0.15, 0.2) is 24.8 Å². The van der Waals surface area contributed by atoms with Gasteiger partial charge >= 0.3 is 0 Å². The standard InChI is InChI=1S/C19H21F2NO3/c1-2-8-22-9-7-17-14-11-3-4-12(23)15(14)25-16(17)19(20,21)6-5-18(17,24)13(22)10-11/h2-4,13,16,23-24H,1,5-10H2/t13-,16-,17?,18-/m0/s1. The fourth-order valence-electron chi connectivity index (χ4n) is 5.95. The average Bonchev–Trinajstić information content (AvgIpc) is 2.92. The maximum atomic E-state index is 14.8. The molecular weight excluding hydrogens is 328 g/mol. The first-order chi connectivity index (χ1) is 11.8. The number of benzene rings is 1. The van der Waals surface area contributed by atoms with Crippen LogP contribution in [0.1, 0.15) is 30.4 Å². The summed E-state index contributed by atoms with van der Waals surface area (Å²) in [5.41, 5.74) is -0.920. The molecule has 5 rings (SSSR count). The molecule has 1 aromatic rings. The second kappa shape index (κ2) is 4.54. The van der Waals surface area contributed by atoms with Crippen molar-refractivity contribution in [1.29, 1.82) is 0 Å². The number of nitrogens with zero attached hydrogens (tertiary/aromatic N) is 1. The third-order valence-corrected chi connectivity index (χ3v) is 6.91. The molecule has 0 radical (unpaired) electrons. The van der Waals surface area contributed by atoms with Crippen molar-refractivity contribution in [1.82, 2.24) is 4.90 Å². The van der Waals surface area contributed by atoms with Gasteiger partial charge in [-0.25, -0.2) is 8.78 Å². The zero-order valence-corrected chi connectivity index (χ0v) is 13.8. The van der Waals surface area contributed by atoms with Crippen LogP contribution in [0.2, 0.25) is 0 Å². The summed E-state index contributed by atoms with van der Waals surface area (Å²) >= 11 is 0. The number of likely N-dealkylation sites (tertiary alicyclic amines) is 1. The molecule has 1 saturated heterocycles. The van der Waals surface area contributed by atoms with E-state index in [9.17, 15) is 19.0 Å². The van der Waals surface area contributed by atoms with Crippen LogP contribution in [0, 0.1) is 0 Å². The molecule has 0 aromatic heterocycles. The average molecular weight is 349 g/mol. The van der Waals surface area contributed by atoms with Gasteiger partial charge in [0.05, 0.1) is 11.0 Å². The lowest BCUT2D eigenvalue weighted by Gasteiger charge is -2.63. The Bertz CT molecular complexity index is 782. The molecule has 134 valence electrons. The van der Waals surface area contributed by atoms with Crippen molar-refractivity contribution in [3.63, 3.8) is 0 Å². The van der Waals surface area contributed by atoms with Gasteiger partial charge < -0.3 is 14.9 Å². The fraction of sp³-hybridized carbons (Fsp3) is 0.579. The minimum Gasteiger partial charge on any atom is -0.504 e. The lowest BCUT2D eigenvalue weighted by Crippen LogP contribution is -2.78. The Morgan fingerprint density at radius 3 is 2.88 bits per heavy atom. The molecule has 1 spiro atoms. The van der Waals surface area contributed by atoms with E-state index in [0.29, 0.717) is 31.5 Å². The van der Waals surface area contributed by atoms with Gasteiger partial charge in [0, 0.05) is 24.6 Å². The van der Waals surface area contributed by atoms with E-state index in [0.717, 1.165) is 5.56 Å². The Balaban J connectivity index is 1.80. The van der Waals surface area contributed by atoms with E-state index in [1.165, 1.54) is 6.07 Å². The number of rotatable bonds is 2. The molecule has 25 heavy (non-hydrogen) atoms. The monoisotopic (exact) mass is 349 g/mol. The quantitative estimate of drug-likeness (QED) is 0.805. The van der Waals surface area contributed by atoms with Crippen molar-refractivity contribution in [2.24, 2.45) is 0 Å². The van der Waals surface area contributed by atoms with Gasteiger partial charge in [-0.1, -0.05) is 12.1 Å². The summed E-state index contributed by atoms with van der Waals surface area (Å²) in [5, 5.41) is 22.0. The zero-order valence-electron chi connectivity index (χ0n) is 13.8. The molecule has 6 heteroatoms. The number of aromatic hydroxyl groups is 1. The largest absolute Gasteiger partial charge is 0.504 e. The summed E-state index contributed by atoms with van der Waals surface area (Å²) < 4.78 is 35.4. The maximum Gasteiger partial charge on any atom is 0.285 e. The molecule has 1 aromatic carbocycles. The van der Waals surface area contributed by atoms with Crippen LogP contribution in [0.5, 0.6) is 11.5 Å². The van der Waals surface area contributed by atoms with Gasteiger partial charge in [0.25, 0.3) is 5.92 Å². The lowest BCUT2D eigenvalue weighted by atomic mass is 9.48. The van der Waals surface area contributed by atoms with E-state index in [1.807, 2.05) is 0 Å².